The molecule has 0 saturated carbocycles. The molecule has 7 nitrogen and oxygen atoms in total. The number of sulfonamides is 1. The first-order chi connectivity index (χ1) is 14.9. The third kappa shape index (κ3) is 5.19. The highest BCUT2D eigenvalue weighted by molar-refractivity contribution is 7.89. The molecule has 0 aromatic heterocycles. The Morgan fingerprint density at radius 1 is 1.03 bits per heavy atom. The van der Waals surface area contributed by atoms with Crippen molar-refractivity contribution < 1.29 is 22.7 Å². The standard InChI is InChI=1S/C23H30N2O5S/c1-4-20(17-11-12-21(29-2)22(16-17)30-3)24-23(26)18-9-8-10-19(15-18)31(27,28)25-13-6-5-7-14-25/h8-12,15-16,20H,4-7,13-14H2,1-3H3,(H,24,26)/t20-/m1/s1. The van der Waals surface area contributed by atoms with Crippen LogP contribution < -0.4 is 14.8 Å². The van der Waals surface area contributed by atoms with E-state index in [2.05, 4.69) is 5.32 Å². The second-order valence-electron chi connectivity index (χ2n) is 7.54. The number of carbonyl (C=O) groups is 1. The molecular weight excluding hydrogens is 416 g/mol. The average molecular weight is 447 g/mol. The Kier molecular flexibility index (Phi) is 7.56. The van der Waals surface area contributed by atoms with Crippen molar-refractivity contribution in [3.8, 4) is 11.5 Å². The zero-order chi connectivity index (χ0) is 22.4. The maximum Gasteiger partial charge on any atom is 0.251 e. The Bertz CT molecular complexity index is 1020. The van der Waals surface area contributed by atoms with E-state index in [0.29, 0.717) is 36.6 Å². The van der Waals surface area contributed by atoms with Gasteiger partial charge in [0, 0.05) is 18.7 Å². The molecular formula is C23H30N2O5S. The SMILES string of the molecule is CC[C@@H](NC(=O)c1cccc(S(=O)(=O)N2CCCCC2)c1)c1ccc(OC)c(OC)c1. The minimum absolute atomic E-state index is 0.154. The molecule has 0 spiro atoms. The van der Waals surface area contributed by atoms with Gasteiger partial charge in [-0.1, -0.05) is 25.5 Å². The van der Waals surface area contributed by atoms with E-state index < -0.39 is 10.0 Å². The number of carbonyl (C=O) groups excluding carboxylic acids is 1. The smallest absolute Gasteiger partial charge is 0.251 e. The number of hydrogen-bond donors (Lipinski definition) is 1. The molecule has 3 rings (SSSR count). The van der Waals surface area contributed by atoms with Crippen LogP contribution in [0.4, 0.5) is 0 Å². The summed E-state index contributed by atoms with van der Waals surface area (Å²) in [5.41, 5.74) is 1.20. The Balaban J connectivity index is 1.80. The first kappa shape index (κ1) is 23.1. The largest absolute Gasteiger partial charge is 0.493 e. The predicted molar refractivity (Wildman–Crippen MR) is 119 cm³/mol. The second-order valence-corrected chi connectivity index (χ2v) is 9.48. The maximum atomic E-state index is 13.0. The molecule has 1 heterocycles. The van der Waals surface area contributed by atoms with Gasteiger partial charge >= 0.3 is 0 Å². The Morgan fingerprint density at radius 2 is 1.74 bits per heavy atom. The van der Waals surface area contributed by atoms with Crippen LogP contribution in [-0.4, -0.2) is 45.9 Å². The van der Waals surface area contributed by atoms with Crippen LogP contribution in [0.5, 0.6) is 11.5 Å². The molecule has 0 bridgehead atoms. The number of rotatable bonds is 8. The van der Waals surface area contributed by atoms with Gasteiger partial charge in [0.05, 0.1) is 25.2 Å². The molecule has 1 atom stereocenters. The zero-order valence-corrected chi connectivity index (χ0v) is 19.1. The molecule has 31 heavy (non-hydrogen) atoms. The van der Waals surface area contributed by atoms with Crippen molar-refractivity contribution in [2.45, 2.75) is 43.5 Å². The van der Waals surface area contributed by atoms with Crippen LogP contribution in [0.2, 0.25) is 0 Å². The molecule has 0 unspecified atom stereocenters. The number of methoxy groups -OCH3 is 2. The number of amides is 1. The summed E-state index contributed by atoms with van der Waals surface area (Å²) in [6.45, 7) is 3.02. The lowest BCUT2D eigenvalue weighted by atomic mass is 10.0. The molecule has 1 aliphatic rings. The van der Waals surface area contributed by atoms with Gasteiger partial charge < -0.3 is 14.8 Å². The van der Waals surface area contributed by atoms with Crippen molar-refractivity contribution in [1.29, 1.82) is 0 Å². The van der Waals surface area contributed by atoms with Gasteiger partial charge in [-0.05, 0) is 55.2 Å². The van der Waals surface area contributed by atoms with E-state index >= 15 is 0 Å². The van der Waals surface area contributed by atoms with Crippen molar-refractivity contribution >= 4 is 15.9 Å². The lowest BCUT2D eigenvalue weighted by molar-refractivity contribution is 0.0935. The van der Waals surface area contributed by atoms with E-state index in [9.17, 15) is 13.2 Å². The molecule has 2 aromatic rings. The predicted octanol–water partition coefficient (Wildman–Crippen LogP) is 3.76. The highest BCUT2D eigenvalue weighted by atomic mass is 32.2. The van der Waals surface area contributed by atoms with Crippen LogP contribution in [-0.2, 0) is 10.0 Å². The van der Waals surface area contributed by atoms with Gasteiger partial charge in [-0.2, -0.15) is 4.31 Å². The third-order valence-corrected chi connectivity index (χ3v) is 7.47. The van der Waals surface area contributed by atoms with E-state index in [-0.39, 0.29) is 16.8 Å². The van der Waals surface area contributed by atoms with Crippen molar-refractivity contribution in [3.63, 3.8) is 0 Å². The van der Waals surface area contributed by atoms with Crippen LogP contribution in [0.3, 0.4) is 0 Å². The Morgan fingerprint density at radius 3 is 2.39 bits per heavy atom. The summed E-state index contributed by atoms with van der Waals surface area (Å²) in [5, 5.41) is 3.00. The van der Waals surface area contributed by atoms with Gasteiger partial charge in [-0.15, -0.1) is 0 Å². The van der Waals surface area contributed by atoms with Crippen molar-refractivity contribution in [3.05, 3.63) is 53.6 Å². The lowest BCUT2D eigenvalue weighted by Gasteiger charge is -2.26. The van der Waals surface area contributed by atoms with E-state index in [0.717, 1.165) is 24.8 Å². The topological polar surface area (TPSA) is 84.9 Å². The summed E-state index contributed by atoms with van der Waals surface area (Å²) >= 11 is 0. The third-order valence-electron chi connectivity index (χ3n) is 5.57. The highest BCUT2D eigenvalue weighted by Crippen LogP contribution is 2.31. The number of benzene rings is 2. The quantitative estimate of drug-likeness (QED) is 0.667. The molecule has 0 radical (unpaired) electrons. The van der Waals surface area contributed by atoms with Gasteiger partial charge in [0.2, 0.25) is 10.0 Å². The molecule has 1 saturated heterocycles. The van der Waals surface area contributed by atoms with Crippen LogP contribution >= 0.6 is 0 Å². The summed E-state index contributed by atoms with van der Waals surface area (Å²) in [6, 6.07) is 11.5. The number of ether oxygens (including phenoxy) is 2. The number of nitrogens with one attached hydrogen (secondary N) is 1. The molecule has 8 heteroatoms. The van der Waals surface area contributed by atoms with Gasteiger partial charge in [0.25, 0.3) is 5.91 Å². The monoisotopic (exact) mass is 446 g/mol. The average Bonchev–Trinajstić information content (AvgIpc) is 2.82. The summed E-state index contributed by atoms with van der Waals surface area (Å²) in [5.74, 6) is 0.878. The Hall–Kier alpha value is -2.58. The molecule has 1 N–H and O–H groups in total. The maximum absolute atomic E-state index is 13.0. The summed E-state index contributed by atoms with van der Waals surface area (Å²) in [7, 11) is -0.462. The Labute approximate surface area is 184 Å². The molecule has 1 amide bonds. The molecule has 1 aliphatic heterocycles. The van der Waals surface area contributed by atoms with Gasteiger partial charge in [-0.25, -0.2) is 8.42 Å². The minimum atomic E-state index is -3.60. The van der Waals surface area contributed by atoms with Crippen molar-refractivity contribution in [2.24, 2.45) is 0 Å². The van der Waals surface area contributed by atoms with Gasteiger partial charge in [-0.3, -0.25) is 4.79 Å². The van der Waals surface area contributed by atoms with Crippen LogP contribution in [0, 0.1) is 0 Å². The normalized spacial score (nSPS) is 15.8. The number of nitrogens with zero attached hydrogens (tertiary/aromatic N) is 1. The molecule has 2 aromatic carbocycles. The zero-order valence-electron chi connectivity index (χ0n) is 18.3. The second kappa shape index (κ2) is 10.2. The molecule has 0 aliphatic carbocycles. The van der Waals surface area contributed by atoms with E-state index in [1.54, 1.807) is 38.5 Å². The lowest BCUT2D eigenvalue weighted by Crippen LogP contribution is -2.35. The van der Waals surface area contributed by atoms with Crippen LogP contribution in [0.1, 0.15) is 54.6 Å². The fraction of sp³-hybridized carbons (Fsp3) is 0.435. The first-order valence-electron chi connectivity index (χ1n) is 10.5. The van der Waals surface area contributed by atoms with Crippen molar-refractivity contribution in [1.82, 2.24) is 9.62 Å². The summed E-state index contributed by atoms with van der Waals surface area (Å²) in [4.78, 5) is 13.1. The minimum Gasteiger partial charge on any atom is -0.493 e. The van der Waals surface area contributed by atoms with Crippen molar-refractivity contribution in [2.75, 3.05) is 27.3 Å². The van der Waals surface area contributed by atoms with E-state index in [4.69, 9.17) is 9.47 Å². The molecule has 168 valence electrons. The molecule has 1 fully saturated rings. The number of hydrogen-bond acceptors (Lipinski definition) is 5. The van der Waals surface area contributed by atoms with Gasteiger partial charge in [0.15, 0.2) is 11.5 Å². The van der Waals surface area contributed by atoms with E-state index in [1.165, 1.54) is 10.4 Å². The highest BCUT2D eigenvalue weighted by Gasteiger charge is 2.26. The van der Waals surface area contributed by atoms with Gasteiger partial charge in [0.1, 0.15) is 0 Å². The number of piperidine rings is 1. The fourth-order valence-corrected chi connectivity index (χ4v) is 5.35. The van der Waals surface area contributed by atoms with E-state index in [1.807, 2.05) is 19.1 Å². The summed E-state index contributed by atoms with van der Waals surface area (Å²) in [6.07, 6.45) is 3.43. The van der Waals surface area contributed by atoms with Crippen LogP contribution in [0.15, 0.2) is 47.4 Å². The van der Waals surface area contributed by atoms with Crippen LogP contribution in [0.25, 0.3) is 0 Å². The summed E-state index contributed by atoms with van der Waals surface area (Å²) < 4.78 is 38.1. The fourth-order valence-electron chi connectivity index (χ4n) is 3.78. The first-order valence-corrected chi connectivity index (χ1v) is 12.0.